The fraction of sp³-hybridized carbons (Fsp3) is 0.182. The van der Waals surface area contributed by atoms with E-state index >= 15 is 0 Å². The second-order valence-corrected chi connectivity index (χ2v) is 3.44. The Kier molecular flexibility index (Phi) is 2.23. The average Bonchev–Trinajstić information content (AvgIpc) is 2.27. The first-order valence-electron chi connectivity index (χ1n) is 4.63. The molecule has 0 radical (unpaired) electrons. The standard InChI is InChI=1S/C11H9NO4/c1-5-9(14)6-3-8(13)12-4-7(6)10(15)11(5)16-2/h3-4H,1-2H3,(H,12,13). The van der Waals surface area contributed by atoms with Crippen molar-refractivity contribution in [3.05, 3.63) is 45.1 Å². The van der Waals surface area contributed by atoms with Crippen molar-refractivity contribution in [3.8, 4) is 0 Å². The van der Waals surface area contributed by atoms with Crippen molar-refractivity contribution in [2.45, 2.75) is 6.92 Å². The molecule has 1 N–H and O–H groups in total. The lowest BCUT2D eigenvalue weighted by molar-refractivity contribution is 0.0905. The Morgan fingerprint density at radius 3 is 2.44 bits per heavy atom. The van der Waals surface area contributed by atoms with Crippen molar-refractivity contribution in [2.75, 3.05) is 7.11 Å². The highest BCUT2D eigenvalue weighted by molar-refractivity contribution is 6.25. The van der Waals surface area contributed by atoms with Crippen LogP contribution in [0.1, 0.15) is 27.6 Å². The van der Waals surface area contributed by atoms with Gasteiger partial charge in [-0.2, -0.15) is 0 Å². The number of pyridine rings is 1. The Bertz CT molecular complexity index is 580. The van der Waals surface area contributed by atoms with Crippen molar-refractivity contribution >= 4 is 11.6 Å². The summed E-state index contributed by atoms with van der Waals surface area (Å²) in [5.41, 5.74) is 0.123. The Balaban J connectivity index is 2.74. The third-order valence-electron chi connectivity index (χ3n) is 2.51. The number of nitrogens with one attached hydrogen (secondary N) is 1. The molecule has 1 heterocycles. The van der Waals surface area contributed by atoms with Gasteiger partial charge in [-0.1, -0.05) is 0 Å². The lowest BCUT2D eigenvalue weighted by Crippen LogP contribution is -2.24. The molecule has 1 aliphatic carbocycles. The van der Waals surface area contributed by atoms with Crippen molar-refractivity contribution < 1.29 is 14.3 Å². The van der Waals surface area contributed by atoms with Crippen LogP contribution in [0.5, 0.6) is 0 Å². The fourth-order valence-corrected chi connectivity index (χ4v) is 1.69. The number of carbonyl (C=O) groups excluding carboxylic acids is 2. The number of Topliss-reactive ketones (excluding diaryl/α,β-unsaturated/α-hetero) is 2. The van der Waals surface area contributed by atoms with Gasteiger partial charge >= 0.3 is 0 Å². The van der Waals surface area contributed by atoms with Crippen LogP contribution in [0.3, 0.4) is 0 Å². The van der Waals surface area contributed by atoms with E-state index in [4.69, 9.17) is 4.74 Å². The number of methoxy groups -OCH3 is 1. The molecule has 0 fully saturated rings. The van der Waals surface area contributed by atoms with Gasteiger partial charge in [-0.3, -0.25) is 14.4 Å². The molecule has 82 valence electrons. The summed E-state index contributed by atoms with van der Waals surface area (Å²) in [5.74, 6) is -0.701. The van der Waals surface area contributed by atoms with E-state index < -0.39 is 5.56 Å². The number of H-pyrrole nitrogens is 1. The molecule has 0 bridgehead atoms. The Morgan fingerprint density at radius 2 is 1.81 bits per heavy atom. The third-order valence-corrected chi connectivity index (χ3v) is 2.51. The van der Waals surface area contributed by atoms with Crippen LogP contribution in [0, 0.1) is 0 Å². The molecule has 5 heteroatoms. The second kappa shape index (κ2) is 3.44. The number of fused-ring (bicyclic) bond motifs is 1. The van der Waals surface area contributed by atoms with Crippen LogP contribution in [0.25, 0.3) is 0 Å². The zero-order valence-electron chi connectivity index (χ0n) is 8.79. The molecule has 16 heavy (non-hydrogen) atoms. The molecule has 0 saturated heterocycles. The molecule has 0 saturated carbocycles. The maximum atomic E-state index is 11.9. The summed E-state index contributed by atoms with van der Waals surface area (Å²) in [6.45, 7) is 1.50. The van der Waals surface area contributed by atoms with E-state index in [1.165, 1.54) is 20.2 Å². The third kappa shape index (κ3) is 1.29. The number of ketones is 2. The van der Waals surface area contributed by atoms with Crippen LogP contribution in [-0.4, -0.2) is 23.7 Å². The number of rotatable bonds is 1. The minimum Gasteiger partial charge on any atom is -0.492 e. The zero-order valence-corrected chi connectivity index (χ0v) is 8.79. The van der Waals surface area contributed by atoms with Crippen LogP contribution < -0.4 is 5.56 Å². The highest BCUT2D eigenvalue weighted by Crippen LogP contribution is 2.24. The number of allylic oxidation sites excluding steroid dienone is 2. The molecule has 0 atom stereocenters. The summed E-state index contributed by atoms with van der Waals surface area (Å²) in [4.78, 5) is 37.1. The first-order valence-corrected chi connectivity index (χ1v) is 4.63. The molecule has 2 rings (SSSR count). The quantitative estimate of drug-likeness (QED) is 0.753. The number of carbonyl (C=O) groups is 2. The molecular weight excluding hydrogens is 210 g/mol. The van der Waals surface area contributed by atoms with E-state index in [1.807, 2.05) is 0 Å². The molecule has 1 aromatic heterocycles. The van der Waals surface area contributed by atoms with Crippen molar-refractivity contribution in [1.29, 1.82) is 0 Å². The minimum atomic E-state index is -0.409. The van der Waals surface area contributed by atoms with Gasteiger partial charge in [0.25, 0.3) is 0 Å². The summed E-state index contributed by atoms with van der Waals surface area (Å²) >= 11 is 0. The monoisotopic (exact) mass is 219 g/mol. The van der Waals surface area contributed by atoms with Gasteiger partial charge in [0.15, 0.2) is 11.5 Å². The first kappa shape index (κ1) is 10.4. The predicted molar refractivity (Wildman–Crippen MR) is 55.4 cm³/mol. The summed E-state index contributed by atoms with van der Waals surface area (Å²) in [5, 5.41) is 0. The molecule has 0 aliphatic heterocycles. The van der Waals surface area contributed by atoms with E-state index in [0.717, 1.165) is 6.07 Å². The van der Waals surface area contributed by atoms with Gasteiger partial charge < -0.3 is 9.72 Å². The number of ether oxygens (including phenoxy) is 1. The lowest BCUT2D eigenvalue weighted by Gasteiger charge is -2.16. The van der Waals surface area contributed by atoms with Gasteiger partial charge in [0, 0.05) is 23.4 Å². The van der Waals surface area contributed by atoms with Crippen molar-refractivity contribution in [2.24, 2.45) is 0 Å². The van der Waals surface area contributed by atoms with Gasteiger partial charge in [-0.05, 0) is 6.92 Å². The summed E-state index contributed by atoms with van der Waals surface area (Å²) in [6.07, 6.45) is 1.24. The molecule has 5 nitrogen and oxygen atoms in total. The van der Waals surface area contributed by atoms with Gasteiger partial charge in [-0.15, -0.1) is 0 Å². The van der Waals surface area contributed by atoms with E-state index in [-0.39, 0.29) is 34.0 Å². The Hall–Kier alpha value is -2.17. The van der Waals surface area contributed by atoms with Crippen LogP contribution in [0.15, 0.2) is 28.4 Å². The van der Waals surface area contributed by atoms with Crippen molar-refractivity contribution in [3.63, 3.8) is 0 Å². The largest absolute Gasteiger partial charge is 0.492 e. The van der Waals surface area contributed by atoms with Crippen LogP contribution >= 0.6 is 0 Å². The van der Waals surface area contributed by atoms with Crippen LogP contribution in [-0.2, 0) is 4.74 Å². The van der Waals surface area contributed by atoms with Crippen LogP contribution in [0.4, 0.5) is 0 Å². The second-order valence-electron chi connectivity index (χ2n) is 3.44. The fourth-order valence-electron chi connectivity index (χ4n) is 1.69. The average molecular weight is 219 g/mol. The molecule has 1 aliphatic rings. The maximum Gasteiger partial charge on any atom is 0.248 e. The number of hydrogen-bond acceptors (Lipinski definition) is 4. The Labute approximate surface area is 90.7 Å². The highest BCUT2D eigenvalue weighted by atomic mass is 16.5. The molecule has 0 aromatic carbocycles. The van der Waals surface area contributed by atoms with Gasteiger partial charge in [0.1, 0.15) is 0 Å². The number of hydrogen-bond donors (Lipinski definition) is 1. The number of aromatic nitrogens is 1. The molecule has 0 unspecified atom stereocenters. The normalized spacial score (nSPS) is 15.1. The summed E-state index contributed by atoms with van der Waals surface area (Å²) in [6, 6.07) is 1.13. The van der Waals surface area contributed by atoms with Gasteiger partial charge in [-0.25, -0.2) is 0 Å². The maximum absolute atomic E-state index is 11.9. The molecule has 0 spiro atoms. The van der Waals surface area contributed by atoms with E-state index in [0.29, 0.717) is 0 Å². The van der Waals surface area contributed by atoms with Crippen LogP contribution in [0.2, 0.25) is 0 Å². The van der Waals surface area contributed by atoms with E-state index in [9.17, 15) is 14.4 Å². The molecule has 0 amide bonds. The summed E-state index contributed by atoms with van der Waals surface area (Å²) in [7, 11) is 1.33. The zero-order chi connectivity index (χ0) is 11.9. The SMILES string of the molecule is COC1=C(C)C(=O)c2cc(=O)[nH]cc2C1=O. The van der Waals surface area contributed by atoms with Crippen molar-refractivity contribution in [1.82, 2.24) is 4.98 Å². The summed E-state index contributed by atoms with van der Waals surface area (Å²) < 4.78 is 4.89. The van der Waals surface area contributed by atoms with E-state index in [2.05, 4.69) is 4.98 Å². The highest BCUT2D eigenvalue weighted by Gasteiger charge is 2.31. The van der Waals surface area contributed by atoms with Gasteiger partial charge in [0.2, 0.25) is 11.3 Å². The lowest BCUT2D eigenvalue weighted by atomic mass is 9.90. The topological polar surface area (TPSA) is 76.2 Å². The molecular formula is C11H9NO4. The van der Waals surface area contributed by atoms with Gasteiger partial charge in [0.05, 0.1) is 12.7 Å². The number of aromatic amines is 1. The smallest absolute Gasteiger partial charge is 0.248 e. The Morgan fingerprint density at radius 1 is 1.12 bits per heavy atom. The predicted octanol–water partition coefficient (Wildman–Crippen LogP) is 0.674. The molecule has 1 aromatic rings. The first-order chi connectivity index (χ1) is 7.56. The van der Waals surface area contributed by atoms with E-state index in [1.54, 1.807) is 0 Å². The minimum absolute atomic E-state index is 0.0320.